The van der Waals surface area contributed by atoms with Crippen molar-refractivity contribution in [1.29, 1.82) is 0 Å². The van der Waals surface area contributed by atoms with Crippen LogP contribution in [-0.2, 0) is 14.3 Å². The standard InChI is InChI=1S/C14H25NO4/c1-5-18-12(16)7-6-11-8-9-15(10-11)13(17)19-14(2,3)4/h11H,5-10H2,1-4H3. The fourth-order valence-electron chi connectivity index (χ4n) is 2.12. The van der Waals surface area contributed by atoms with Gasteiger partial charge in [0.25, 0.3) is 0 Å². The Labute approximate surface area is 115 Å². The molecular formula is C14H25NO4. The van der Waals surface area contributed by atoms with Crippen molar-refractivity contribution < 1.29 is 19.1 Å². The van der Waals surface area contributed by atoms with Gasteiger partial charge in [0.15, 0.2) is 0 Å². The molecule has 1 fully saturated rings. The fourth-order valence-corrected chi connectivity index (χ4v) is 2.12. The third-order valence-electron chi connectivity index (χ3n) is 3.00. The quantitative estimate of drug-likeness (QED) is 0.737. The van der Waals surface area contributed by atoms with Gasteiger partial charge in [-0.15, -0.1) is 0 Å². The highest BCUT2D eigenvalue weighted by atomic mass is 16.6. The van der Waals surface area contributed by atoms with Gasteiger partial charge in [-0.25, -0.2) is 4.79 Å². The van der Waals surface area contributed by atoms with E-state index in [4.69, 9.17) is 9.47 Å². The highest BCUT2D eigenvalue weighted by molar-refractivity contribution is 5.69. The van der Waals surface area contributed by atoms with Crippen LogP contribution in [-0.4, -0.2) is 42.3 Å². The van der Waals surface area contributed by atoms with Crippen molar-refractivity contribution in [1.82, 2.24) is 4.90 Å². The molecule has 5 heteroatoms. The van der Waals surface area contributed by atoms with Crippen LogP contribution in [0.4, 0.5) is 4.79 Å². The molecule has 1 aliphatic heterocycles. The normalized spacial score (nSPS) is 19.4. The lowest BCUT2D eigenvalue weighted by molar-refractivity contribution is -0.143. The SMILES string of the molecule is CCOC(=O)CCC1CCN(C(=O)OC(C)(C)C)C1. The second-order valence-electron chi connectivity index (χ2n) is 5.92. The zero-order chi connectivity index (χ0) is 14.5. The molecule has 0 aromatic carbocycles. The first kappa shape index (κ1) is 15.8. The van der Waals surface area contributed by atoms with E-state index in [1.54, 1.807) is 11.8 Å². The molecule has 110 valence electrons. The largest absolute Gasteiger partial charge is 0.466 e. The van der Waals surface area contributed by atoms with Crippen LogP contribution in [0.5, 0.6) is 0 Å². The monoisotopic (exact) mass is 271 g/mol. The van der Waals surface area contributed by atoms with E-state index in [9.17, 15) is 9.59 Å². The van der Waals surface area contributed by atoms with Crippen molar-refractivity contribution in [2.75, 3.05) is 19.7 Å². The fraction of sp³-hybridized carbons (Fsp3) is 0.857. The summed E-state index contributed by atoms with van der Waals surface area (Å²) in [6, 6.07) is 0. The van der Waals surface area contributed by atoms with Crippen molar-refractivity contribution in [3.05, 3.63) is 0 Å². The molecule has 0 aliphatic carbocycles. The number of hydrogen-bond acceptors (Lipinski definition) is 4. The number of likely N-dealkylation sites (tertiary alicyclic amines) is 1. The number of ether oxygens (including phenoxy) is 2. The van der Waals surface area contributed by atoms with Crippen molar-refractivity contribution in [3.8, 4) is 0 Å². The Balaban J connectivity index is 2.29. The summed E-state index contributed by atoms with van der Waals surface area (Å²) in [5, 5.41) is 0. The van der Waals surface area contributed by atoms with Gasteiger partial charge in [-0.3, -0.25) is 4.79 Å². The summed E-state index contributed by atoms with van der Waals surface area (Å²) >= 11 is 0. The molecule has 1 saturated heterocycles. The number of esters is 1. The van der Waals surface area contributed by atoms with Gasteiger partial charge in [0, 0.05) is 19.5 Å². The van der Waals surface area contributed by atoms with E-state index < -0.39 is 5.60 Å². The third kappa shape index (κ3) is 5.94. The Bertz CT molecular complexity index is 322. The van der Waals surface area contributed by atoms with Crippen LogP contribution in [0.1, 0.15) is 47.0 Å². The lowest BCUT2D eigenvalue weighted by Gasteiger charge is -2.24. The molecule has 0 radical (unpaired) electrons. The van der Waals surface area contributed by atoms with Gasteiger partial charge in [0.2, 0.25) is 0 Å². The Hall–Kier alpha value is -1.26. The highest BCUT2D eigenvalue weighted by Crippen LogP contribution is 2.23. The van der Waals surface area contributed by atoms with Crippen molar-refractivity contribution in [3.63, 3.8) is 0 Å². The predicted octanol–water partition coefficient (Wildman–Crippen LogP) is 2.59. The lowest BCUT2D eigenvalue weighted by Crippen LogP contribution is -2.35. The summed E-state index contributed by atoms with van der Waals surface area (Å²) < 4.78 is 10.2. The molecule has 5 nitrogen and oxygen atoms in total. The van der Waals surface area contributed by atoms with E-state index in [0.29, 0.717) is 32.0 Å². The maximum atomic E-state index is 11.9. The molecule has 1 amide bonds. The second-order valence-corrected chi connectivity index (χ2v) is 5.92. The van der Waals surface area contributed by atoms with Gasteiger partial charge in [-0.2, -0.15) is 0 Å². The first-order valence-electron chi connectivity index (χ1n) is 6.95. The van der Waals surface area contributed by atoms with Gasteiger partial charge in [0.05, 0.1) is 6.61 Å². The topological polar surface area (TPSA) is 55.8 Å². The van der Waals surface area contributed by atoms with Gasteiger partial charge in [-0.05, 0) is 46.5 Å². The highest BCUT2D eigenvalue weighted by Gasteiger charge is 2.29. The number of hydrogen-bond donors (Lipinski definition) is 0. The summed E-state index contributed by atoms with van der Waals surface area (Å²) in [5.41, 5.74) is -0.458. The summed E-state index contributed by atoms with van der Waals surface area (Å²) in [4.78, 5) is 24.9. The van der Waals surface area contributed by atoms with Gasteiger partial charge < -0.3 is 14.4 Å². The lowest BCUT2D eigenvalue weighted by atomic mass is 10.0. The molecule has 19 heavy (non-hydrogen) atoms. The van der Waals surface area contributed by atoms with E-state index in [2.05, 4.69) is 0 Å². The molecule has 1 rings (SSSR count). The Kier molecular flexibility index (Phi) is 5.63. The minimum absolute atomic E-state index is 0.154. The number of carbonyl (C=O) groups is 2. The van der Waals surface area contributed by atoms with Crippen LogP contribution in [0, 0.1) is 5.92 Å². The molecule has 1 aliphatic rings. The average Bonchev–Trinajstić information content (AvgIpc) is 2.73. The summed E-state index contributed by atoms with van der Waals surface area (Å²) in [7, 11) is 0. The summed E-state index contributed by atoms with van der Waals surface area (Å²) in [6.07, 6.45) is 1.88. The minimum Gasteiger partial charge on any atom is -0.466 e. The van der Waals surface area contributed by atoms with Crippen LogP contribution in [0.15, 0.2) is 0 Å². The number of carbonyl (C=O) groups excluding carboxylic acids is 2. The van der Waals surface area contributed by atoms with Crippen LogP contribution in [0.2, 0.25) is 0 Å². The number of rotatable bonds is 4. The molecule has 0 spiro atoms. The van der Waals surface area contributed by atoms with Gasteiger partial charge >= 0.3 is 12.1 Å². The number of amides is 1. The van der Waals surface area contributed by atoms with E-state index >= 15 is 0 Å². The van der Waals surface area contributed by atoms with Crippen LogP contribution >= 0.6 is 0 Å². The van der Waals surface area contributed by atoms with Crippen LogP contribution in [0.25, 0.3) is 0 Å². The van der Waals surface area contributed by atoms with E-state index in [0.717, 1.165) is 12.8 Å². The molecule has 1 unspecified atom stereocenters. The van der Waals surface area contributed by atoms with Crippen LogP contribution < -0.4 is 0 Å². The van der Waals surface area contributed by atoms with Crippen molar-refractivity contribution >= 4 is 12.1 Å². The molecule has 1 atom stereocenters. The first-order valence-corrected chi connectivity index (χ1v) is 6.95. The van der Waals surface area contributed by atoms with Crippen molar-refractivity contribution in [2.45, 2.75) is 52.6 Å². The zero-order valence-electron chi connectivity index (χ0n) is 12.4. The maximum absolute atomic E-state index is 11.9. The van der Waals surface area contributed by atoms with E-state index in [1.807, 2.05) is 20.8 Å². The third-order valence-corrected chi connectivity index (χ3v) is 3.00. The molecule has 0 N–H and O–H groups in total. The van der Waals surface area contributed by atoms with E-state index in [1.165, 1.54) is 0 Å². The molecule has 0 saturated carbocycles. The predicted molar refractivity (Wildman–Crippen MR) is 71.8 cm³/mol. The Morgan fingerprint density at radius 3 is 2.58 bits per heavy atom. The molecule has 0 aromatic rings. The molecule has 1 heterocycles. The zero-order valence-corrected chi connectivity index (χ0v) is 12.4. The average molecular weight is 271 g/mol. The second kappa shape index (κ2) is 6.78. The van der Waals surface area contributed by atoms with Gasteiger partial charge in [-0.1, -0.05) is 0 Å². The van der Waals surface area contributed by atoms with Gasteiger partial charge in [0.1, 0.15) is 5.60 Å². The molecule has 0 bridgehead atoms. The van der Waals surface area contributed by atoms with E-state index in [-0.39, 0.29) is 12.1 Å². The Morgan fingerprint density at radius 1 is 1.32 bits per heavy atom. The summed E-state index contributed by atoms with van der Waals surface area (Å²) in [5.74, 6) is 0.218. The minimum atomic E-state index is -0.458. The van der Waals surface area contributed by atoms with Crippen LogP contribution in [0.3, 0.4) is 0 Å². The number of nitrogens with zero attached hydrogens (tertiary/aromatic N) is 1. The molecular weight excluding hydrogens is 246 g/mol. The Morgan fingerprint density at radius 2 is 2.00 bits per heavy atom. The summed E-state index contributed by atoms with van der Waals surface area (Å²) in [6.45, 7) is 9.19. The molecule has 0 aromatic heterocycles. The van der Waals surface area contributed by atoms with Crippen molar-refractivity contribution in [2.24, 2.45) is 5.92 Å². The smallest absolute Gasteiger partial charge is 0.410 e. The maximum Gasteiger partial charge on any atom is 0.410 e. The first-order chi connectivity index (χ1) is 8.81.